The molecule has 0 atom stereocenters. The van der Waals surface area contributed by atoms with E-state index in [0.29, 0.717) is 13.0 Å². The predicted molar refractivity (Wildman–Crippen MR) is 86.4 cm³/mol. The standard InChI is InChI=1S/C18H18FNO4/c1-23-14-8-6-13(7-9-14)10-11-20-17(21)12-24-18(22)15-4-2-3-5-16(15)19/h2-9H,10-12H2,1H3,(H,20,21). The normalized spacial score (nSPS) is 10.1. The van der Waals surface area contributed by atoms with Crippen molar-refractivity contribution in [1.82, 2.24) is 5.32 Å². The fourth-order valence-electron chi connectivity index (χ4n) is 2.03. The van der Waals surface area contributed by atoms with E-state index in [2.05, 4.69) is 5.32 Å². The molecule has 0 aliphatic heterocycles. The van der Waals surface area contributed by atoms with Gasteiger partial charge < -0.3 is 14.8 Å². The van der Waals surface area contributed by atoms with Gasteiger partial charge in [-0.05, 0) is 36.2 Å². The molecule has 0 aromatic heterocycles. The predicted octanol–water partition coefficient (Wildman–Crippen LogP) is 2.35. The number of esters is 1. The molecule has 1 amide bonds. The molecule has 0 aliphatic rings. The molecular formula is C18H18FNO4. The van der Waals surface area contributed by atoms with Crippen molar-refractivity contribution in [2.45, 2.75) is 6.42 Å². The third-order valence-corrected chi connectivity index (χ3v) is 3.32. The number of ether oxygens (including phenoxy) is 2. The van der Waals surface area contributed by atoms with Crippen LogP contribution in [0.2, 0.25) is 0 Å². The minimum Gasteiger partial charge on any atom is -0.497 e. The number of nitrogens with one attached hydrogen (secondary N) is 1. The third kappa shape index (κ3) is 5.08. The molecule has 0 fully saturated rings. The van der Waals surface area contributed by atoms with Crippen molar-refractivity contribution in [1.29, 1.82) is 0 Å². The first-order valence-corrected chi connectivity index (χ1v) is 7.41. The van der Waals surface area contributed by atoms with Gasteiger partial charge in [0.15, 0.2) is 6.61 Å². The maximum atomic E-state index is 13.4. The van der Waals surface area contributed by atoms with Crippen LogP contribution in [-0.2, 0) is 16.0 Å². The van der Waals surface area contributed by atoms with E-state index in [4.69, 9.17) is 9.47 Å². The number of halogens is 1. The summed E-state index contributed by atoms with van der Waals surface area (Å²) in [6.07, 6.45) is 0.636. The van der Waals surface area contributed by atoms with Crippen LogP contribution in [0.3, 0.4) is 0 Å². The Morgan fingerprint density at radius 3 is 2.46 bits per heavy atom. The van der Waals surface area contributed by atoms with Gasteiger partial charge >= 0.3 is 5.97 Å². The molecule has 5 nitrogen and oxygen atoms in total. The molecule has 0 bridgehead atoms. The van der Waals surface area contributed by atoms with E-state index < -0.39 is 24.3 Å². The van der Waals surface area contributed by atoms with Gasteiger partial charge in [0.2, 0.25) is 0 Å². The zero-order valence-corrected chi connectivity index (χ0v) is 13.3. The summed E-state index contributed by atoms with van der Waals surface area (Å²) in [5, 5.41) is 2.64. The number of methoxy groups -OCH3 is 1. The minimum atomic E-state index is -0.863. The van der Waals surface area contributed by atoms with Gasteiger partial charge in [-0.2, -0.15) is 0 Å². The number of rotatable bonds is 7. The molecule has 2 aromatic carbocycles. The number of carbonyl (C=O) groups is 2. The second-order valence-corrected chi connectivity index (χ2v) is 5.00. The second kappa shape index (κ2) is 8.67. The van der Waals surface area contributed by atoms with Gasteiger partial charge in [0, 0.05) is 6.54 Å². The smallest absolute Gasteiger partial charge is 0.341 e. The minimum absolute atomic E-state index is 0.191. The monoisotopic (exact) mass is 331 g/mol. The Morgan fingerprint density at radius 1 is 1.08 bits per heavy atom. The topological polar surface area (TPSA) is 64.6 Å². The van der Waals surface area contributed by atoms with Gasteiger partial charge in [-0.3, -0.25) is 4.79 Å². The lowest BCUT2D eigenvalue weighted by Crippen LogP contribution is -2.30. The molecular weight excluding hydrogens is 313 g/mol. The number of hydrogen-bond donors (Lipinski definition) is 1. The van der Waals surface area contributed by atoms with Crippen LogP contribution in [0, 0.1) is 5.82 Å². The largest absolute Gasteiger partial charge is 0.497 e. The van der Waals surface area contributed by atoms with Gasteiger partial charge in [-0.1, -0.05) is 24.3 Å². The summed E-state index contributed by atoms with van der Waals surface area (Å²) in [5.74, 6) is -1.21. The average Bonchev–Trinajstić information content (AvgIpc) is 2.60. The fourth-order valence-corrected chi connectivity index (χ4v) is 2.03. The molecule has 2 rings (SSSR count). The van der Waals surface area contributed by atoms with E-state index in [1.165, 1.54) is 18.2 Å². The van der Waals surface area contributed by atoms with Gasteiger partial charge in [0.25, 0.3) is 5.91 Å². The van der Waals surface area contributed by atoms with Crippen molar-refractivity contribution >= 4 is 11.9 Å². The van der Waals surface area contributed by atoms with Gasteiger partial charge in [-0.25, -0.2) is 9.18 Å². The first kappa shape index (κ1) is 17.5. The molecule has 24 heavy (non-hydrogen) atoms. The Hall–Kier alpha value is -2.89. The van der Waals surface area contributed by atoms with Crippen LogP contribution in [0.25, 0.3) is 0 Å². The highest BCUT2D eigenvalue weighted by atomic mass is 19.1. The summed E-state index contributed by atoms with van der Waals surface area (Å²) >= 11 is 0. The van der Waals surface area contributed by atoms with Crippen LogP contribution >= 0.6 is 0 Å². The van der Waals surface area contributed by atoms with Crippen LogP contribution < -0.4 is 10.1 Å². The third-order valence-electron chi connectivity index (χ3n) is 3.32. The Bertz CT molecular complexity index is 700. The van der Waals surface area contributed by atoms with Crippen molar-refractivity contribution in [2.75, 3.05) is 20.3 Å². The van der Waals surface area contributed by atoms with Gasteiger partial charge in [0.05, 0.1) is 12.7 Å². The first-order chi connectivity index (χ1) is 11.6. The van der Waals surface area contributed by atoms with Crippen LogP contribution in [0.15, 0.2) is 48.5 Å². The van der Waals surface area contributed by atoms with Crippen molar-refractivity contribution < 1.29 is 23.5 Å². The molecule has 0 saturated heterocycles. The highest BCUT2D eigenvalue weighted by molar-refractivity contribution is 5.91. The second-order valence-electron chi connectivity index (χ2n) is 5.00. The van der Waals surface area contributed by atoms with E-state index in [1.54, 1.807) is 7.11 Å². The molecule has 2 aromatic rings. The highest BCUT2D eigenvalue weighted by Crippen LogP contribution is 2.11. The Balaban J connectivity index is 1.71. The lowest BCUT2D eigenvalue weighted by atomic mass is 10.1. The quantitative estimate of drug-likeness (QED) is 0.791. The molecule has 126 valence electrons. The van der Waals surface area contributed by atoms with Crippen molar-refractivity contribution in [3.63, 3.8) is 0 Å². The maximum Gasteiger partial charge on any atom is 0.341 e. The molecule has 0 saturated carbocycles. The Kier molecular flexibility index (Phi) is 6.31. The summed E-state index contributed by atoms with van der Waals surface area (Å²) < 4.78 is 23.3. The van der Waals surface area contributed by atoms with Crippen molar-refractivity contribution in [3.05, 3.63) is 65.5 Å². The fraction of sp³-hybridized carbons (Fsp3) is 0.222. The molecule has 0 heterocycles. The lowest BCUT2D eigenvalue weighted by Gasteiger charge is -2.07. The summed E-state index contributed by atoms with van der Waals surface area (Å²) in [6, 6.07) is 12.9. The summed E-state index contributed by atoms with van der Waals surface area (Å²) in [4.78, 5) is 23.3. The van der Waals surface area contributed by atoms with Gasteiger partial charge in [0.1, 0.15) is 11.6 Å². The Morgan fingerprint density at radius 2 is 1.79 bits per heavy atom. The maximum absolute atomic E-state index is 13.4. The number of hydrogen-bond acceptors (Lipinski definition) is 4. The Labute approximate surface area is 139 Å². The highest BCUT2D eigenvalue weighted by Gasteiger charge is 2.13. The SMILES string of the molecule is COc1ccc(CCNC(=O)COC(=O)c2ccccc2F)cc1. The van der Waals surface area contributed by atoms with Crippen molar-refractivity contribution in [3.8, 4) is 5.75 Å². The molecule has 6 heteroatoms. The van der Waals surface area contributed by atoms with Crippen LogP contribution in [0.5, 0.6) is 5.75 Å². The zero-order valence-electron chi connectivity index (χ0n) is 13.3. The number of benzene rings is 2. The lowest BCUT2D eigenvalue weighted by molar-refractivity contribution is -0.124. The summed E-state index contributed by atoms with van der Waals surface area (Å²) in [6.45, 7) is -0.0435. The van der Waals surface area contributed by atoms with E-state index in [9.17, 15) is 14.0 Å². The molecule has 1 N–H and O–H groups in total. The van der Waals surface area contributed by atoms with E-state index >= 15 is 0 Å². The zero-order chi connectivity index (χ0) is 17.4. The molecule has 0 radical (unpaired) electrons. The van der Waals surface area contributed by atoms with Crippen LogP contribution in [0.4, 0.5) is 4.39 Å². The van der Waals surface area contributed by atoms with Gasteiger partial charge in [-0.15, -0.1) is 0 Å². The first-order valence-electron chi connectivity index (χ1n) is 7.41. The summed E-state index contributed by atoms with van der Waals surface area (Å²) in [5.41, 5.74) is 0.850. The molecule has 0 aliphatic carbocycles. The molecule has 0 unspecified atom stereocenters. The summed E-state index contributed by atoms with van der Waals surface area (Å²) in [7, 11) is 1.60. The van der Waals surface area contributed by atoms with Crippen molar-refractivity contribution in [2.24, 2.45) is 0 Å². The number of carbonyl (C=O) groups excluding carboxylic acids is 2. The van der Waals surface area contributed by atoms with E-state index in [1.807, 2.05) is 24.3 Å². The molecule has 0 spiro atoms. The van der Waals surface area contributed by atoms with E-state index in [0.717, 1.165) is 17.4 Å². The van der Waals surface area contributed by atoms with E-state index in [-0.39, 0.29) is 5.56 Å². The average molecular weight is 331 g/mol. The van der Waals surface area contributed by atoms with Crippen LogP contribution in [0.1, 0.15) is 15.9 Å². The van der Waals surface area contributed by atoms with Crippen LogP contribution in [-0.4, -0.2) is 32.1 Å². The number of amides is 1.